The fourth-order valence-corrected chi connectivity index (χ4v) is 6.10. The van der Waals surface area contributed by atoms with Crippen LogP contribution in [0.25, 0.3) is 0 Å². The van der Waals surface area contributed by atoms with E-state index < -0.39 is 10.0 Å². The van der Waals surface area contributed by atoms with Gasteiger partial charge in [0.2, 0.25) is 10.0 Å². The third-order valence-corrected chi connectivity index (χ3v) is 7.57. The van der Waals surface area contributed by atoms with Gasteiger partial charge in [-0.25, -0.2) is 13.1 Å². The molecule has 0 radical (unpaired) electrons. The maximum Gasteiger partial charge on any atom is 0.215 e. The maximum absolute atomic E-state index is 12.7. The number of piperidine rings is 1. The highest BCUT2D eigenvalue weighted by atomic mass is 35.5. The van der Waals surface area contributed by atoms with Crippen LogP contribution in [0, 0.1) is 5.41 Å². The first kappa shape index (κ1) is 19.4. The van der Waals surface area contributed by atoms with Gasteiger partial charge in [-0.3, -0.25) is 0 Å². The van der Waals surface area contributed by atoms with Crippen molar-refractivity contribution in [1.29, 1.82) is 0 Å². The van der Waals surface area contributed by atoms with Crippen LogP contribution in [-0.2, 0) is 10.0 Å². The standard InChI is InChI=1S/C16H31N3O2S.ClH/c1-16(8-9-17-12-16)13-19-10-4-7-15(11-19)22(20,21)18-14-5-2-3-6-14;/h14-15,17-18H,2-13H2,1H3;1H. The van der Waals surface area contributed by atoms with Crippen molar-refractivity contribution in [2.75, 3.05) is 32.7 Å². The molecule has 0 aromatic carbocycles. The van der Waals surface area contributed by atoms with Crippen LogP contribution in [0.2, 0.25) is 0 Å². The van der Waals surface area contributed by atoms with Crippen LogP contribution in [-0.4, -0.2) is 57.3 Å². The van der Waals surface area contributed by atoms with E-state index in [-0.39, 0.29) is 23.7 Å². The molecule has 2 atom stereocenters. The molecule has 3 rings (SSSR count). The largest absolute Gasteiger partial charge is 0.316 e. The first-order valence-corrected chi connectivity index (χ1v) is 10.5. The molecule has 0 amide bonds. The van der Waals surface area contributed by atoms with E-state index in [2.05, 4.69) is 21.9 Å². The van der Waals surface area contributed by atoms with Gasteiger partial charge in [-0.1, -0.05) is 19.8 Å². The van der Waals surface area contributed by atoms with Gasteiger partial charge in [-0.15, -0.1) is 12.4 Å². The molecule has 23 heavy (non-hydrogen) atoms. The number of halogens is 1. The summed E-state index contributed by atoms with van der Waals surface area (Å²) in [6.07, 6.45) is 7.36. The average Bonchev–Trinajstić information content (AvgIpc) is 3.11. The molecular formula is C16H32ClN3O2S. The average molecular weight is 366 g/mol. The second-order valence-corrected chi connectivity index (χ2v) is 9.87. The predicted octanol–water partition coefficient (Wildman–Crippen LogP) is 1.73. The monoisotopic (exact) mass is 365 g/mol. The van der Waals surface area contributed by atoms with Crippen LogP contribution >= 0.6 is 12.4 Å². The van der Waals surface area contributed by atoms with Crippen molar-refractivity contribution in [3.05, 3.63) is 0 Å². The minimum absolute atomic E-state index is 0. The highest BCUT2D eigenvalue weighted by Gasteiger charge is 2.36. The lowest BCUT2D eigenvalue weighted by Crippen LogP contribution is -2.50. The van der Waals surface area contributed by atoms with Gasteiger partial charge in [-0.2, -0.15) is 0 Å². The molecule has 1 saturated carbocycles. The molecule has 0 spiro atoms. The van der Waals surface area contributed by atoms with Crippen molar-refractivity contribution >= 4 is 22.4 Å². The fraction of sp³-hybridized carbons (Fsp3) is 1.00. The number of sulfonamides is 1. The zero-order valence-electron chi connectivity index (χ0n) is 14.2. The molecule has 0 aromatic rings. The molecule has 0 bridgehead atoms. The molecule has 1 aliphatic carbocycles. The van der Waals surface area contributed by atoms with E-state index in [0.29, 0.717) is 12.0 Å². The fourth-order valence-electron chi connectivity index (χ4n) is 4.33. The topological polar surface area (TPSA) is 61.4 Å². The normalized spacial score (nSPS) is 33.7. The minimum atomic E-state index is -3.16. The first-order chi connectivity index (χ1) is 10.5. The molecule has 0 aromatic heterocycles. The summed E-state index contributed by atoms with van der Waals surface area (Å²) < 4.78 is 28.3. The van der Waals surface area contributed by atoms with Crippen LogP contribution in [0.15, 0.2) is 0 Å². The molecule has 2 N–H and O–H groups in total. The van der Waals surface area contributed by atoms with Crippen molar-refractivity contribution in [2.45, 2.75) is 63.2 Å². The van der Waals surface area contributed by atoms with Crippen molar-refractivity contribution in [3.8, 4) is 0 Å². The predicted molar refractivity (Wildman–Crippen MR) is 96.6 cm³/mol. The summed E-state index contributed by atoms with van der Waals surface area (Å²) in [5.41, 5.74) is 0.310. The Morgan fingerprint density at radius 1 is 1.22 bits per heavy atom. The van der Waals surface area contributed by atoms with Gasteiger partial charge in [0.05, 0.1) is 5.25 Å². The van der Waals surface area contributed by atoms with E-state index in [4.69, 9.17) is 0 Å². The smallest absolute Gasteiger partial charge is 0.215 e. The molecular weight excluding hydrogens is 334 g/mol. The Morgan fingerprint density at radius 2 is 1.96 bits per heavy atom. The van der Waals surface area contributed by atoms with Gasteiger partial charge in [0.25, 0.3) is 0 Å². The molecule has 2 heterocycles. The van der Waals surface area contributed by atoms with E-state index in [1.807, 2.05) is 0 Å². The highest BCUT2D eigenvalue weighted by Crippen LogP contribution is 2.28. The van der Waals surface area contributed by atoms with Crippen LogP contribution in [0.4, 0.5) is 0 Å². The lowest BCUT2D eigenvalue weighted by atomic mass is 9.88. The second kappa shape index (κ2) is 8.00. The van der Waals surface area contributed by atoms with Gasteiger partial charge < -0.3 is 10.2 Å². The molecule has 136 valence electrons. The lowest BCUT2D eigenvalue weighted by molar-refractivity contribution is 0.154. The lowest BCUT2D eigenvalue weighted by Gasteiger charge is -2.37. The highest BCUT2D eigenvalue weighted by molar-refractivity contribution is 7.90. The van der Waals surface area contributed by atoms with Crippen LogP contribution in [0.3, 0.4) is 0 Å². The van der Waals surface area contributed by atoms with Gasteiger partial charge in [0.15, 0.2) is 0 Å². The summed E-state index contributed by atoms with van der Waals surface area (Å²) >= 11 is 0. The van der Waals surface area contributed by atoms with Gasteiger partial charge in [0.1, 0.15) is 0 Å². The zero-order chi connectivity index (χ0) is 15.6. The summed E-state index contributed by atoms with van der Waals surface area (Å²) in [5.74, 6) is 0. The van der Waals surface area contributed by atoms with Gasteiger partial charge >= 0.3 is 0 Å². The Labute approximate surface area is 147 Å². The summed E-state index contributed by atoms with van der Waals surface area (Å²) in [5, 5.41) is 3.21. The van der Waals surface area contributed by atoms with E-state index in [1.54, 1.807) is 0 Å². The third-order valence-electron chi connectivity index (χ3n) is 5.65. The van der Waals surface area contributed by atoms with Crippen molar-refractivity contribution in [3.63, 3.8) is 0 Å². The Kier molecular flexibility index (Phi) is 6.76. The van der Waals surface area contributed by atoms with E-state index in [9.17, 15) is 8.42 Å². The summed E-state index contributed by atoms with van der Waals surface area (Å²) in [6.45, 7) is 7.25. The first-order valence-electron chi connectivity index (χ1n) is 8.91. The third kappa shape index (κ3) is 5.05. The number of hydrogen-bond donors (Lipinski definition) is 2. The maximum atomic E-state index is 12.7. The molecule has 2 aliphatic heterocycles. The van der Waals surface area contributed by atoms with Gasteiger partial charge in [-0.05, 0) is 50.6 Å². The minimum Gasteiger partial charge on any atom is -0.316 e. The summed E-state index contributed by atoms with van der Waals surface area (Å²) in [7, 11) is -3.16. The quantitative estimate of drug-likeness (QED) is 0.779. The number of nitrogens with one attached hydrogen (secondary N) is 2. The molecule has 7 heteroatoms. The van der Waals surface area contributed by atoms with Gasteiger partial charge in [0, 0.05) is 25.7 Å². The second-order valence-electron chi connectivity index (χ2n) is 7.88. The summed E-state index contributed by atoms with van der Waals surface area (Å²) in [4.78, 5) is 2.38. The van der Waals surface area contributed by atoms with Crippen molar-refractivity contribution in [2.24, 2.45) is 5.41 Å². The van der Waals surface area contributed by atoms with Crippen LogP contribution < -0.4 is 10.0 Å². The molecule has 2 saturated heterocycles. The Morgan fingerprint density at radius 3 is 2.61 bits per heavy atom. The number of likely N-dealkylation sites (tertiary alicyclic amines) is 1. The van der Waals surface area contributed by atoms with E-state index in [0.717, 1.165) is 64.7 Å². The van der Waals surface area contributed by atoms with Crippen LogP contribution in [0.5, 0.6) is 0 Å². The number of rotatable bonds is 5. The Bertz CT molecular complexity index is 474. The Balaban J connectivity index is 0.00000192. The van der Waals surface area contributed by atoms with Crippen molar-refractivity contribution < 1.29 is 8.42 Å². The SMILES string of the molecule is CC1(CN2CCCC(S(=O)(=O)NC3CCCC3)C2)CCNC1.Cl. The number of hydrogen-bond acceptors (Lipinski definition) is 4. The van der Waals surface area contributed by atoms with E-state index >= 15 is 0 Å². The molecule has 3 aliphatic rings. The van der Waals surface area contributed by atoms with E-state index in [1.165, 1.54) is 6.42 Å². The number of nitrogens with zero attached hydrogens (tertiary/aromatic N) is 1. The van der Waals surface area contributed by atoms with Crippen molar-refractivity contribution in [1.82, 2.24) is 14.9 Å². The molecule has 5 nitrogen and oxygen atoms in total. The van der Waals surface area contributed by atoms with Crippen LogP contribution in [0.1, 0.15) is 51.9 Å². The summed E-state index contributed by atoms with van der Waals surface area (Å²) in [6, 6.07) is 0.192. The Hall–Kier alpha value is 0.120. The molecule has 3 fully saturated rings. The molecule has 2 unspecified atom stereocenters. The zero-order valence-corrected chi connectivity index (χ0v) is 15.9.